The summed E-state index contributed by atoms with van der Waals surface area (Å²) in [7, 11) is -4.04. The first-order valence-electron chi connectivity index (χ1n) is 6.04. The number of carbonyl (C=O) groups is 1. The molecule has 2 aliphatic carbocycles. The van der Waals surface area contributed by atoms with Crippen LogP contribution in [-0.2, 0) is 27.9 Å². The first-order valence-corrected chi connectivity index (χ1v) is 7.51. The largest absolute Gasteiger partial charge is 0.380 e. The molecule has 1 aromatic carbocycles. The fourth-order valence-corrected chi connectivity index (χ4v) is 3.20. The predicted octanol–water partition coefficient (Wildman–Crippen LogP) is 1.11. The lowest BCUT2D eigenvalue weighted by Gasteiger charge is -2.25. The molecule has 0 aromatic heterocycles. The summed E-state index contributed by atoms with van der Waals surface area (Å²) < 4.78 is 26.7. The van der Waals surface area contributed by atoms with Crippen LogP contribution in [0.4, 0.5) is 0 Å². The van der Waals surface area contributed by atoms with Crippen molar-refractivity contribution in [2.45, 2.75) is 25.7 Å². The lowest BCUT2D eigenvalue weighted by atomic mass is 9.79. The van der Waals surface area contributed by atoms with Crippen LogP contribution in [0, 0.1) is 0 Å². The molecule has 2 aliphatic rings. The lowest BCUT2D eigenvalue weighted by Crippen LogP contribution is -2.20. The van der Waals surface area contributed by atoms with E-state index in [-0.39, 0.29) is 18.0 Å². The number of aryl methyl sites for hydroxylation is 1. The molecule has 0 atom stereocenters. The standard InChI is InChI=1S/C13H13NO4S/c14-19(16,17)18-12-6-9-3-1-2-8-4-11(15)5-10(7-12)13(8)9/h4,6-7H,1-3,5H2,(H2,14,16,17). The maximum atomic E-state index is 11.7. The predicted molar refractivity (Wildman–Crippen MR) is 69.8 cm³/mol. The van der Waals surface area contributed by atoms with E-state index in [1.165, 1.54) is 0 Å². The SMILES string of the molecule is NS(=O)(=O)Oc1cc2c3c(c1)CC(=O)C=C3CCC2. The molecule has 19 heavy (non-hydrogen) atoms. The van der Waals surface area contributed by atoms with E-state index >= 15 is 0 Å². The molecule has 0 aliphatic heterocycles. The molecule has 100 valence electrons. The van der Waals surface area contributed by atoms with Crippen LogP contribution in [0.1, 0.15) is 29.5 Å². The van der Waals surface area contributed by atoms with Gasteiger partial charge in [-0.25, -0.2) is 0 Å². The monoisotopic (exact) mass is 279 g/mol. The minimum absolute atomic E-state index is 0.0445. The van der Waals surface area contributed by atoms with Crippen molar-refractivity contribution in [1.29, 1.82) is 0 Å². The van der Waals surface area contributed by atoms with Gasteiger partial charge in [0.05, 0.1) is 0 Å². The minimum atomic E-state index is -4.04. The summed E-state index contributed by atoms with van der Waals surface area (Å²) in [5, 5.41) is 4.88. The molecule has 3 rings (SSSR count). The van der Waals surface area contributed by atoms with Gasteiger partial charge in [-0.05, 0) is 59.7 Å². The molecular weight excluding hydrogens is 266 g/mol. The highest BCUT2D eigenvalue weighted by Gasteiger charge is 2.25. The zero-order valence-corrected chi connectivity index (χ0v) is 11.0. The molecule has 0 fully saturated rings. The van der Waals surface area contributed by atoms with Gasteiger partial charge in [-0.2, -0.15) is 13.6 Å². The van der Waals surface area contributed by atoms with Crippen molar-refractivity contribution in [3.8, 4) is 5.75 Å². The van der Waals surface area contributed by atoms with Gasteiger partial charge in [0.2, 0.25) is 0 Å². The van der Waals surface area contributed by atoms with E-state index in [0.717, 1.165) is 41.5 Å². The van der Waals surface area contributed by atoms with Gasteiger partial charge in [0.15, 0.2) is 5.78 Å². The van der Waals surface area contributed by atoms with Crippen LogP contribution in [0.5, 0.6) is 5.75 Å². The van der Waals surface area contributed by atoms with Crippen LogP contribution in [0.3, 0.4) is 0 Å². The molecule has 0 radical (unpaired) electrons. The van der Waals surface area contributed by atoms with E-state index in [9.17, 15) is 13.2 Å². The Balaban J connectivity index is 2.14. The summed E-state index contributed by atoms with van der Waals surface area (Å²) in [6.45, 7) is 0. The van der Waals surface area contributed by atoms with Crippen LogP contribution in [0.25, 0.3) is 5.57 Å². The molecular formula is C13H13NO4S. The fraction of sp³-hybridized carbons (Fsp3) is 0.308. The second-order valence-corrected chi connectivity index (χ2v) is 6.01. The Hall–Kier alpha value is -1.66. The van der Waals surface area contributed by atoms with E-state index in [1.807, 2.05) is 0 Å². The molecule has 0 bridgehead atoms. The molecule has 0 saturated carbocycles. The van der Waals surface area contributed by atoms with Crippen molar-refractivity contribution >= 4 is 21.7 Å². The molecule has 2 N–H and O–H groups in total. The average molecular weight is 279 g/mol. The smallest absolute Gasteiger partial charge is 0.371 e. The van der Waals surface area contributed by atoms with Crippen molar-refractivity contribution in [3.05, 3.63) is 34.9 Å². The average Bonchev–Trinajstić information content (AvgIpc) is 2.25. The Morgan fingerprint density at radius 1 is 1.16 bits per heavy atom. The summed E-state index contributed by atoms with van der Waals surface area (Å²) >= 11 is 0. The maximum absolute atomic E-state index is 11.7. The molecule has 0 saturated heterocycles. The third kappa shape index (κ3) is 2.41. The van der Waals surface area contributed by atoms with Gasteiger partial charge in [0.1, 0.15) is 5.75 Å². The molecule has 0 amide bonds. The fourth-order valence-electron chi connectivity index (χ4n) is 2.84. The van der Waals surface area contributed by atoms with Gasteiger partial charge in [-0.15, -0.1) is 0 Å². The first kappa shape index (κ1) is 12.4. The van der Waals surface area contributed by atoms with Crippen molar-refractivity contribution in [2.75, 3.05) is 0 Å². The van der Waals surface area contributed by atoms with E-state index < -0.39 is 10.3 Å². The number of carbonyl (C=O) groups excluding carboxylic acids is 1. The molecule has 1 aromatic rings. The number of nitrogens with two attached hydrogens (primary N) is 1. The molecule has 0 heterocycles. The normalized spacial score (nSPS) is 17.7. The number of hydrogen-bond donors (Lipinski definition) is 1. The minimum Gasteiger partial charge on any atom is -0.371 e. The summed E-state index contributed by atoms with van der Waals surface area (Å²) in [5.74, 6) is 0.232. The van der Waals surface area contributed by atoms with Crippen LogP contribution < -0.4 is 9.32 Å². The van der Waals surface area contributed by atoms with Crippen molar-refractivity contribution < 1.29 is 17.4 Å². The molecule has 6 heteroatoms. The van der Waals surface area contributed by atoms with E-state index in [0.29, 0.717) is 0 Å². The molecule has 5 nitrogen and oxygen atoms in total. The van der Waals surface area contributed by atoms with E-state index in [2.05, 4.69) is 0 Å². The number of ketones is 1. The van der Waals surface area contributed by atoms with Gasteiger partial charge < -0.3 is 4.18 Å². The Kier molecular flexibility index (Phi) is 2.72. The highest BCUT2D eigenvalue weighted by molar-refractivity contribution is 7.84. The second-order valence-electron chi connectivity index (χ2n) is 4.86. The summed E-state index contributed by atoms with van der Waals surface area (Å²) in [4.78, 5) is 11.7. The molecule has 0 unspecified atom stereocenters. The van der Waals surface area contributed by atoms with Crippen LogP contribution in [-0.4, -0.2) is 14.2 Å². The van der Waals surface area contributed by atoms with Gasteiger partial charge in [0, 0.05) is 6.42 Å². The lowest BCUT2D eigenvalue weighted by molar-refractivity contribution is -0.114. The van der Waals surface area contributed by atoms with Crippen LogP contribution >= 0.6 is 0 Å². The van der Waals surface area contributed by atoms with E-state index in [4.69, 9.17) is 9.32 Å². The highest BCUT2D eigenvalue weighted by atomic mass is 32.2. The maximum Gasteiger partial charge on any atom is 0.380 e. The Labute approximate surface area is 111 Å². The third-order valence-electron chi connectivity index (χ3n) is 3.40. The number of benzene rings is 1. The van der Waals surface area contributed by atoms with Gasteiger partial charge >= 0.3 is 10.3 Å². The zero-order chi connectivity index (χ0) is 13.6. The Morgan fingerprint density at radius 2 is 1.89 bits per heavy atom. The third-order valence-corrected chi connectivity index (χ3v) is 3.83. The Morgan fingerprint density at radius 3 is 2.63 bits per heavy atom. The summed E-state index contributed by atoms with van der Waals surface area (Å²) in [6, 6.07) is 3.30. The zero-order valence-electron chi connectivity index (χ0n) is 10.2. The van der Waals surface area contributed by atoms with Crippen molar-refractivity contribution in [2.24, 2.45) is 5.14 Å². The number of hydrogen-bond acceptors (Lipinski definition) is 4. The number of allylic oxidation sites excluding steroid dienone is 2. The first-order chi connectivity index (χ1) is 8.92. The van der Waals surface area contributed by atoms with Crippen molar-refractivity contribution in [1.82, 2.24) is 0 Å². The highest BCUT2D eigenvalue weighted by Crippen LogP contribution is 2.38. The van der Waals surface area contributed by atoms with Gasteiger partial charge in [-0.3, -0.25) is 4.79 Å². The Bertz CT molecular complexity index is 704. The number of rotatable bonds is 2. The van der Waals surface area contributed by atoms with E-state index in [1.54, 1.807) is 18.2 Å². The summed E-state index contributed by atoms with van der Waals surface area (Å²) in [6.07, 6.45) is 4.68. The molecule has 0 spiro atoms. The van der Waals surface area contributed by atoms with Crippen LogP contribution in [0.15, 0.2) is 18.2 Å². The topological polar surface area (TPSA) is 86.5 Å². The van der Waals surface area contributed by atoms with Crippen LogP contribution in [0.2, 0.25) is 0 Å². The van der Waals surface area contributed by atoms with Crippen molar-refractivity contribution in [3.63, 3.8) is 0 Å². The quantitative estimate of drug-likeness (QED) is 0.878. The van der Waals surface area contributed by atoms with Gasteiger partial charge in [0.25, 0.3) is 0 Å². The van der Waals surface area contributed by atoms with Gasteiger partial charge in [-0.1, -0.05) is 0 Å². The second kappa shape index (κ2) is 4.18. The summed E-state index contributed by atoms with van der Waals surface area (Å²) in [5.41, 5.74) is 4.00.